The molecule has 0 radical (unpaired) electrons. The number of benzene rings is 2. The Morgan fingerprint density at radius 3 is 2.61 bits per heavy atom. The highest BCUT2D eigenvalue weighted by atomic mass is 32.2. The van der Waals surface area contributed by atoms with Crippen LogP contribution >= 0.6 is 11.8 Å². The number of hydrogen-bond donors (Lipinski definition) is 1. The number of carbonyl (C=O) groups is 1. The molecule has 0 saturated carbocycles. The van der Waals surface area contributed by atoms with Gasteiger partial charge in [0.05, 0.1) is 17.5 Å². The number of nitrogens with one attached hydrogen (secondary N) is 1. The number of thioether (sulfide) groups is 1. The summed E-state index contributed by atoms with van der Waals surface area (Å²) in [7, 11) is 0. The molecule has 0 aliphatic heterocycles. The molecule has 1 amide bonds. The van der Waals surface area contributed by atoms with Gasteiger partial charge in [-0.15, -0.1) is 5.10 Å². The highest BCUT2D eigenvalue weighted by Gasteiger charge is 2.16. The summed E-state index contributed by atoms with van der Waals surface area (Å²) in [6, 6.07) is 14.3. The van der Waals surface area contributed by atoms with Gasteiger partial charge in [0, 0.05) is 0 Å². The summed E-state index contributed by atoms with van der Waals surface area (Å²) in [5.41, 5.74) is 5.54. The van der Waals surface area contributed by atoms with Gasteiger partial charge in [-0.2, -0.15) is 4.68 Å². The Morgan fingerprint density at radius 2 is 1.89 bits per heavy atom. The van der Waals surface area contributed by atoms with Gasteiger partial charge in [0.15, 0.2) is 0 Å². The maximum Gasteiger partial charge on any atom is 0.230 e. The minimum absolute atomic E-state index is 0.00344. The third-order valence-corrected chi connectivity index (χ3v) is 5.72. The first-order chi connectivity index (χ1) is 13.5. The van der Waals surface area contributed by atoms with E-state index in [-0.39, 0.29) is 17.7 Å². The molecular formula is C21H25N5OS. The van der Waals surface area contributed by atoms with E-state index in [1.54, 1.807) is 4.68 Å². The molecule has 0 spiro atoms. The summed E-state index contributed by atoms with van der Waals surface area (Å²) in [6.45, 7) is 8.22. The van der Waals surface area contributed by atoms with Crippen molar-refractivity contribution in [1.29, 1.82) is 0 Å². The second kappa shape index (κ2) is 9.01. The fourth-order valence-corrected chi connectivity index (χ4v) is 3.67. The normalized spacial score (nSPS) is 12.0. The quantitative estimate of drug-likeness (QED) is 0.613. The molecule has 3 rings (SSSR count). The molecule has 6 nitrogen and oxygen atoms in total. The van der Waals surface area contributed by atoms with Crippen LogP contribution in [0.2, 0.25) is 0 Å². The molecule has 7 heteroatoms. The topological polar surface area (TPSA) is 72.7 Å². The third-order valence-electron chi connectivity index (χ3n) is 4.80. The molecule has 1 N–H and O–H groups in total. The highest BCUT2D eigenvalue weighted by molar-refractivity contribution is 7.99. The summed E-state index contributed by atoms with van der Waals surface area (Å²) < 4.78 is 1.69. The van der Waals surface area contributed by atoms with Crippen molar-refractivity contribution in [2.45, 2.75) is 45.3 Å². The molecule has 146 valence electrons. The number of aryl methyl sites for hydroxylation is 2. The summed E-state index contributed by atoms with van der Waals surface area (Å²) in [6.07, 6.45) is 0.833. The number of tetrazole rings is 1. The van der Waals surface area contributed by atoms with Crippen molar-refractivity contribution >= 4 is 17.7 Å². The van der Waals surface area contributed by atoms with E-state index in [2.05, 4.69) is 71.9 Å². The van der Waals surface area contributed by atoms with Crippen LogP contribution in [0.5, 0.6) is 0 Å². The van der Waals surface area contributed by atoms with Crippen molar-refractivity contribution in [2.75, 3.05) is 5.75 Å². The molecule has 1 aromatic heterocycles. The van der Waals surface area contributed by atoms with Crippen molar-refractivity contribution in [2.24, 2.45) is 0 Å². The number of carbonyl (C=O) groups excluding carboxylic acids is 1. The Balaban J connectivity index is 1.66. The zero-order valence-electron chi connectivity index (χ0n) is 16.6. The van der Waals surface area contributed by atoms with Gasteiger partial charge in [-0.3, -0.25) is 4.79 Å². The van der Waals surface area contributed by atoms with Gasteiger partial charge >= 0.3 is 0 Å². The molecule has 1 atom stereocenters. The SMILES string of the molecule is CC[C@H](NC(=O)CSc1nnnn1-c1cccc(C)c1C)c1ccc(C)cc1. The number of rotatable bonds is 7. The predicted molar refractivity (Wildman–Crippen MR) is 112 cm³/mol. The lowest BCUT2D eigenvalue weighted by Crippen LogP contribution is -2.29. The van der Waals surface area contributed by atoms with Crippen LogP contribution in [0.15, 0.2) is 47.6 Å². The monoisotopic (exact) mass is 395 g/mol. The highest BCUT2D eigenvalue weighted by Crippen LogP contribution is 2.23. The maximum absolute atomic E-state index is 12.5. The Bertz CT molecular complexity index is 952. The van der Waals surface area contributed by atoms with Gasteiger partial charge in [-0.05, 0) is 60.4 Å². The minimum atomic E-state index is -0.0343. The molecule has 0 bridgehead atoms. The fourth-order valence-electron chi connectivity index (χ4n) is 2.97. The molecule has 28 heavy (non-hydrogen) atoms. The molecule has 0 saturated heterocycles. The van der Waals surface area contributed by atoms with E-state index in [0.29, 0.717) is 5.16 Å². The molecule has 1 heterocycles. The Kier molecular flexibility index (Phi) is 6.46. The standard InChI is InChI=1S/C21H25N5OS/c1-5-18(17-11-9-14(2)10-12-17)22-20(27)13-28-21-23-24-25-26(21)19-8-6-7-15(3)16(19)4/h6-12,18H,5,13H2,1-4H3,(H,22,27)/t18-/m0/s1. The molecule has 0 unspecified atom stereocenters. The van der Waals surface area contributed by atoms with Crippen LogP contribution in [-0.4, -0.2) is 31.9 Å². The van der Waals surface area contributed by atoms with E-state index in [0.717, 1.165) is 23.2 Å². The number of hydrogen-bond acceptors (Lipinski definition) is 5. The smallest absolute Gasteiger partial charge is 0.230 e. The van der Waals surface area contributed by atoms with Crippen LogP contribution in [-0.2, 0) is 4.79 Å². The number of amides is 1. The van der Waals surface area contributed by atoms with Crippen LogP contribution in [0.25, 0.3) is 5.69 Å². The van der Waals surface area contributed by atoms with Crippen molar-refractivity contribution in [3.8, 4) is 5.69 Å². The molecule has 2 aromatic carbocycles. The fraction of sp³-hybridized carbons (Fsp3) is 0.333. The number of aromatic nitrogens is 4. The van der Waals surface area contributed by atoms with E-state index in [4.69, 9.17) is 0 Å². The lowest BCUT2D eigenvalue weighted by atomic mass is 10.0. The number of nitrogens with zero attached hydrogens (tertiary/aromatic N) is 4. The molecule has 0 aliphatic carbocycles. The second-order valence-electron chi connectivity index (χ2n) is 6.82. The lowest BCUT2D eigenvalue weighted by molar-refractivity contribution is -0.119. The molecule has 0 fully saturated rings. The van der Waals surface area contributed by atoms with Gasteiger partial charge in [0.25, 0.3) is 0 Å². The lowest BCUT2D eigenvalue weighted by Gasteiger charge is -2.17. The van der Waals surface area contributed by atoms with Gasteiger partial charge in [0.2, 0.25) is 11.1 Å². The van der Waals surface area contributed by atoms with Crippen molar-refractivity contribution in [1.82, 2.24) is 25.5 Å². The van der Waals surface area contributed by atoms with Gasteiger partial charge < -0.3 is 5.32 Å². The Hall–Kier alpha value is -2.67. The van der Waals surface area contributed by atoms with E-state index >= 15 is 0 Å². The minimum Gasteiger partial charge on any atom is -0.349 e. The second-order valence-corrected chi connectivity index (χ2v) is 7.76. The van der Waals surface area contributed by atoms with E-state index in [1.165, 1.54) is 22.9 Å². The largest absolute Gasteiger partial charge is 0.349 e. The zero-order chi connectivity index (χ0) is 20.1. The summed E-state index contributed by atoms with van der Waals surface area (Å²) in [4.78, 5) is 12.5. The first-order valence-electron chi connectivity index (χ1n) is 9.33. The first-order valence-corrected chi connectivity index (χ1v) is 10.3. The average Bonchev–Trinajstić information content (AvgIpc) is 3.16. The Morgan fingerprint density at radius 1 is 1.14 bits per heavy atom. The third kappa shape index (κ3) is 4.59. The molecular weight excluding hydrogens is 370 g/mol. The average molecular weight is 396 g/mol. The maximum atomic E-state index is 12.5. The molecule has 3 aromatic rings. The molecule has 0 aliphatic rings. The van der Waals surface area contributed by atoms with Crippen molar-refractivity contribution in [3.63, 3.8) is 0 Å². The summed E-state index contributed by atoms with van der Waals surface area (Å²) in [5, 5.41) is 15.7. The van der Waals surface area contributed by atoms with Gasteiger partial charge in [-0.1, -0.05) is 60.6 Å². The first kappa shape index (κ1) is 20.1. The van der Waals surface area contributed by atoms with Crippen molar-refractivity contribution < 1.29 is 4.79 Å². The van der Waals surface area contributed by atoms with Crippen molar-refractivity contribution in [3.05, 3.63) is 64.7 Å². The predicted octanol–water partition coefficient (Wildman–Crippen LogP) is 3.95. The van der Waals surface area contributed by atoms with E-state index in [9.17, 15) is 4.79 Å². The van der Waals surface area contributed by atoms with Crippen LogP contribution in [0.1, 0.15) is 41.6 Å². The van der Waals surface area contributed by atoms with Crippen LogP contribution in [0, 0.1) is 20.8 Å². The summed E-state index contributed by atoms with van der Waals surface area (Å²) >= 11 is 1.34. The van der Waals surface area contributed by atoms with Gasteiger partial charge in [0.1, 0.15) is 0 Å². The van der Waals surface area contributed by atoms with Crippen LogP contribution < -0.4 is 5.32 Å². The zero-order valence-corrected chi connectivity index (χ0v) is 17.5. The van der Waals surface area contributed by atoms with Crippen LogP contribution in [0.4, 0.5) is 0 Å². The Labute approximate surface area is 169 Å². The van der Waals surface area contributed by atoms with E-state index in [1.807, 2.05) is 19.1 Å². The van der Waals surface area contributed by atoms with Crippen LogP contribution in [0.3, 0.4) is 0 Å². The van der Waals surface area contributed by atoms with E-state index < -0.39 is 0 Å². The van der Waals surface area contributed by atoms with Gasteiger partial charge in [-0.25, -0.2) is 0 Å². The summed E-state index contributed by atoms with van der Waals surface area (Å²) in [5.74, 6) is 0.223.